The summed E-state index contributed by atoms with van der Waals surface area (Å²) in [6, 6.07) is 6.45. The molecule has 5 heteroatoms. The molecule has 0 bridgehead atoms. The van der Waals surface area contributed by atoms with Crippen molar-refractivity contribution < 1.29 is 13.6 Å². The Hall–Kier alpha value is -1.20. The largest absolute Gasteiger partial charge is 0.772 e. The minimum absolute atomic E-state index is 0.0198. The summed E-state index contributed by atoms with van der Waals surface area (Å²) >= 11 is -2.09. The molecule has 0 heterocycles. The molecule has 1 rings (SSSR count). The molecule has 0 radical (unpaired) electrons. The summed E-state index contributed by atoms with van der Waals surface area (Å²) < 4.78 is 20.7. The maximum Gasteiger partial charge on any atom is 0.251 e. The van der Waals surface area contributed by atoms with Crippen LogP contribution in [0.1, 0.15) is 15.9 Å². The van der Waals surface area contributed by atoms with E-state index in [0.29, 0.717) is 11.1 Å². The highest BCUT2D eigenvalue weighted by Gasteiger charge is 2.01. The van der Waals surface area contributed by atoms with Crippen molar-refractivity contribution in [2.45, 2.75) is 5.75 Å². The fourth-order valence-corrected chi connectivity index (χ4v) is 1.50. The van der Waals surface area contributed by atoms with Crippen molar-refractivity contribution in [2.75, 3.05) is 7.05 Å². The number of benzene rings is 1. The Morgan fingerprint density at radius 2 is 2.00 bits per heavy atom. The Bertz CT molecular complexity index is 348. The van der Waals surface area contributed by atoms with E-state index in [0.717, 1.165) is 0 Å². The number of amides is 1. The molecule has 4 nitrogen and oxygen atoms in total. The van der Waals surface area contributed by atoms with Gasteiger partial charge in [-0.15, -0.1) is 0 Å². The van der Waals surface area contributed by atoms with Crippen LogP contribution >= 0.6 is 0 Å². The van der Waals surface area contributed by atoms with Crippen molar-refractivity contribution in [1.29, 1.82) is 0 Å². The van der Waals surface area contributed by atoms with Gasteiger partial charge in [-0.3, -0.25) is 9.00 Å². The third kappa shape index (κ3) is 2.93. The lowest BCUT2D eigenvalue weighted by Gasteiger charge is -2.05. The lowest BCUT2D eigenvalue weighted by molar-refractivity contribution is 0.0963. The molecule has 1 aromatic carbocycles. The molecule has 0 aromatic heterocycles. The number of hydrogen-bond acceptors (Lipinski definition) is 3. The van der Waals surface area contributed by atoms with Gasteiger partial charge in [-0.25, -0.2) is 0 Å². The Labute approximate surface area is 84.6 Å². The van der Waals surface area contributed by atoms with Crippen molar-refractivity contribution in [3.63, 3.8) is 0 Å². The van der Waals surface area contributed by atoms with Gasteiger partial charge in [0.05, 0.1) is 0 Å². The van der Waals surface area contributed by atoms with E-state index in [-0.39, 0.29) is 11.7 Å². The molecule has 0 saturated carbocycles. The van der Waals surface area contributed by atoms with E-state index in [9.17, 15) is 13.6 Å². The first-order valence-electron chi connectivity index (χ1n) is 4.00. The van der Waals surface area contributed by atoms with Crippen LogP contribution in [-0.4, -0.2) is 21.7 Å². The van der Waals surface area contributed by atoms with Crippen molar-refractivity contribution >= 4 is 17.0 Å². The van der Waals surface area contributed by atoms with E-state index in [1.54, 1.807) is 31.3 Å². The van der Waals surface area contributed by atoms with Crippen molar-refractivity contribution in [3.05, 3.63) is 35.4 Å². The molecule has 76 valence electrons. The highest BCUT2D eigenvalue weighted by molar-refractivity contribution is 7.78. The molecule has 1 unspecified atom stereocenters. The SMILES string of the molecule is CNC(=O)c1ccc(CS(=O)[O-])cc1. The minimum atomic E-state index is -2.09. The molecule has 1 N–H and O–H groups in total. The molecule has 0 aliphatic heterocycles. The van der Waals surface area contributed by atoms with Crippen LogP contribution in [0.2, 0.25) is 0 Å². The van der Waals surface area contributed by atoms with E-state index < -0.39 is 11.1 Å². The van der Waals surface area contributed by atoms with E-state index >= 15 is 0 Å². The summed E-state index contributed by atoms with van der Waals surface area (Å²) in [4.78, 5) is 11.1. The van der Waals surface area contributed by atoms with Gasteiger partial charge in [0.1, 0.15) is 0 Å². The molecule has 0 fully saturated rings. The molecule has 0 saturated heterocycles. The summed E-state index contributed by atoms with van der Waals surface area (Å²) in [5.41, 5.74) is 1.19. The number of carbonyl (C=O) groups excluding carboxylic acids is 1. The van der Waals surface area contributed by atoms with Crippen LogP contribution in [0.3, 0.4) is 0 Å². The second-order valence-corrected chi connectivity index (χ2v) is 3.62. The molecule has 1 atom stereocenters. The summed E-state index contributed by atoms with van der Waals surface area (Å²) in [7, 11) is 1.54. The molecule has 0 aliphatic carbocycles. The Morgan fingerprint density at radius 1 is 1.43 bits per heavy atom. The zero-order chi connectivity index (χ0) is 10.6. The van der Waals surface area contributed by atoms with E-state index in [1.165, 1.54) is 0 Å². The highest BCUT2D eigenvalue weighted by Crippen LogP contribution is 2.05. The normalized spacial score (nSPS) is 12.1. The van der Waals surface area contributed by atoms with Gasteiger partial charge in [-0.05, 0) is 17.7 Å². The summed E-state index contributed by atoms with van der Waals surface area (Å²) in [6.07, 6.45) is 0. The smallest absolute Gasteiger partial charge is 0.251 e. The first-order chi connectivity index (χ1) is 6.63. The molecular weight excluding hydrogens is 202 g/mol. The minimum Gasteiger partial charge on any atom is -0.772 e. The first-order valence-corrected chi connectivity index (χ1v) is 5.25. The van der Waals surface area contributed by atoms with Crippen LogP contribution in [0.15, 0.2) is 24.3 Å². The van der Waals surface area contributed by atoms with Gasteiger partial charge in [0, 0.05) is 18.4 Å². The maximum atomic E-state index is 11.1. The van der Waals surface area contributed by atoms with Crippen molar-refractivity contribution in [1.82, 2.24) is 5.32 Å². The number of hydrogen-bond donors (Lipinski definition) is 1. The quantitative estimate of drug-likeness (QED) is 0.738. The average Bonchev–Trinajstić information content (AvgIpc) is 2.17. The third-order valence-electron chi connectivity index (χ3n) is 1.73. The van der Waals surface area contributed by atoms with Crippen LogP contribution in [0.25, 0.3) is 0 Å². The lowest BCUT2D eigenvalue weighted by atomic mass is 10.1. The van der Waals surface area contributed by atoms with E-state index in [4.69, 9.17) is 0 Å². The van der Waals surface area contributed by atoms with Crippen LogP contribution in [0.4, 0.5) is 0 Å². The van der Waals surface area contributed by atoms with Gasteiger partial charge in [0.25, 0.3) is 5.91 Å². The second-order valence-electron chi connectivity index (χ2n) is 2.72. The van der Waals surface area contributed by atoms with Crippen molar-refractivity contribution in [2.24, 2.45) is 0 Å². The van der Waals surface area contributed by atoms with E-state index in [1.807, 2.05) is 0 Å². The standard InChI is InChI=1S/C9H11NO3S/c1-10-9(11)8-4-2-7(3-5-8)6-14(12)13/h2-5H,6H2,1H3,(H,10,11)(H,12,13)/p-1. The summed E-state index contributed by atoms with van der Waals surface area (Å²) in [6.45, 7) is 0. The average molecular weight is 212 g/mol. The van der Waals surface area contributed by atoms with E-state index in [2.05, 4.69) is 5.32 Å². The van der Waals surface area contributed by atoms with Gasteiger partial charge < -0.3 is 9.87 Å². The Balaban J connectivity index is 2.78. The van der Waals surface area contributed by atoms with Gasteiger partial charge in [-0.1, -0.05) is 23.2 Å². The number of carbonyl (C=O) groups is 1. The Kier molecular flexibility index (Phi) is 3.79. The van der Waals surface area contributed by atoms with Gasteiger partial charge in [-0.2, -0.15) is 0 Å². The molecule has 0 spiro atoms. The fourth-order valence-electron chi connectivity index (χ4n) is 1.03. The van der Waals surface area contributed by atoms with Crippen molar-refractivity contribution in [3.8, 4) is 0 Å². The highest BCUT2D eigenvalue weighted by atomic mass is 32.2. The molecule has 14 heavy (non-hydrogen) atoms. The third-order valence-corrected chi connectivity index (χ3v) is 2.30. The van der Waals surface area contributed by atoms with Crippen LogP contribution < -0.4 is 5.32 Å². The predicted molar refractivity (Wildman–Crippen MR) is 52.5 cm³/mol. The van der Waals surface area contributed by atoms with Gasteiger partial charge in [0.2, 0.25) is 0 Å². The lowest BCUT2D eigenvalue weighted by Crippen LogP contribution is -2.17. The van der Waals surface area contributed by atoms with Gasteiger partial charge in [0.15, 0.2) is 0 Å². The topological polar surface area (TPSA) is 69.2 Å². The van der Waals surface area contributed by atoms with Crippen LogP contribution in [0, 0.1) is 0 Å². The first kappa shape index (κ1) is 10.9. The van der Waals surface area contributed by atoms with Crippen LogP contribution in [-0.2, 0) is 16.8 Å². The Morgan fingerprint density at radius 3 is 2.43 bits per heavy atom. The summed E-state index contributed by atoms with van der Waals surface area (Å²) in [5.74, 6) is -0.201. The molecule has 1 amide bonds. The second kappa shape index (κ2) is 4.88. The zero-order valence-corrected chi connectivity index (χ0v) is 8.47. The zero-order valence-electron chi connectivity index (χ0n) is 7.65. The number of nitrogens with one attached hydrogen (secondary N) is 1. The monoisotopic (exact) mass is 212 g/mol. The number of rotatable bonds is 3. The predicted octanol–water partition coefficient (Wildman–Crippen LogP) is 0.425. The maximum absolute atomic E-state index is 11.1. The summed E-state index contributed by atoms with van der Waals surface area (Å²) in [5, 5.41) is 2.48. The van der Waals surface area contributed by atoms with Crippen LogP contribution in [0.5, 0.6) is 0 Å². The van der Waals surface area contributed by atoms with Gasteiger partial charge >= 0.3 is 0 Å². The fraction of sp³-hybridized carbons (Fsp3) is 0.222. The molecule has 1 aromatic rings. The molecular formula is C9H10NO3S-. The molecule has 0 aliphatic rings.